The van der Waals surface area contributed by atoms with Gasteiger partial charge in [0, 0.05) is 11.6 Å². The van der Waals surface area contributed by atoms with Gasteiger partial charge >= 0.3 is 11.9 Å². The molecule has 216 valence electrons. The first-order valence-electron chi connectivity index (χ1n) is 14.0. The number of carboxylic acids is 1. The first kappa shape index (κ1) is 29.0. The Labute approximate surface area is 246 Å². The standard InChI is InChI=1S/C33H32N2O6S/c1-5-9-25-28(32(39)40-6-2)29(21-14-12-20(13-15-21)19(3)4)35-30(36)27(42-33(35)34-25)18-22-16-17-26(41-22)23-10-7-8-11-24(23)31(37)38/h7-8,10-19,29H,5-6,9H2,1-4H3,(H,37,38)/b27-18-/t29-/m1/s1. The monoisotopic (exact) mass is 584 g/mol. The van der Waals surface area contributed by atoms with Crippen molar-refractivity contribution in [3.05, 3.63) is 114 Å². The van der Waals surface area contributed by atoms with Crippen molar-refractivity contribution >= 4 is 29.4 Å². The number of carbonyl (C=O) groups excluding carboxylic acids is 1. The number of aromatic nitrogens is 1. The van der Waals surface area contributed by atoms with Crippen LogP contribution in [0.1, 0.15) is 79.7 Å². The highest BCUT2D eigenvalue weighted by atomic mass is 32.1. The van der Waals surface area contributed by atoms with Crippen LogP contribution < -0.4 is 14.9 Å². The van der Waals surface area contributed by atoms with Gasteiger partial charge in [-0.15, -0.1) is 0 Å². The number of hydrogen-bond acceptors (Lipinski definition) is 7. The quantitative estimate of drug-likeness (QED) is 0.254. The fraction of sp³-hybridized carbons (Fsp3) is 0.273. The average molecular weight is 585 g/mol. The summed E-state index contributed by atoms with van der Waals surface area (Å²) < 4.78 is 13.4. The Morgan fingerprint density at radius 3 is 2.50 bits per heavy atom. The Kier molecular flexibility index (Phi) is 8.40. The molecule has 0 spiro atoms. The van der Waals surface area contributed by atoms with Gasteiger partial charge in [0.1, 0.15) is 11.5 Å². The molecule has 0 aliphatic carbocycles. The number of benzene rings is 2. The van der Waals surface area contributed by atoms with E-state index in [4.69, 9.17) is 14.1 Å². The lowest BCUT2D eigenvalue weighted by molar-refractivity contribution is -0.139. The third kappa shape index (κ3) is 5.52. The minimum atomic E-state index is -1.06. The maximum atomic E-state index is 14.0. The van der Waals surface area contributed by atoms with Crippen molar-refractivity contribution in [2.24, 2.45) is 4.99 Å². The van der Waals surface area contributed by atoms with Crippen LogP contribution in [0.2, 0.25) is 0 Å². The third-order valence-corrected chi connectivity index (χ3v) is 8.12. The Balaban J connectivity index is 1.67. The molecule has 0 saturated carbocycles. The molecule has 0 saturated heterocycles. The molecule has 0 amide bonds. The molecule has 8 nitrogen and oxygen atoms in total. The predicted molar refractivity (Wildman–Crippen MR) is 161 cm³/mol. The smallest absolute Gasteiger partial charge is 0.338 e. The van der Waals surface area contributed by atoms with Crippen molar-refractivity contribution in [2.75, 3.05) is 6.61 Å². The first-order valence-corrected chi connectivity index (χ1v) is 14.8. The molecule has 0 radical (unpaired) electrons. The van der Waals surface area contributed by atoms with Gasteiger partial charge in [0.15, 0.2) is 4.80 Å². The van der Waals surface area contributed by atoms with E-state index in [2.05, 4.69) is 13.8 Å². The number of carbonyl (C=O) groups is 2. The van der Waals surface area contributed by atoms with Gasteiger partial charge in [0.25, 0.3) is 5.56 Å². The molecule has 42 heavy (non-hydrogen) atoms. The summed E-state index contributed by atoms with van der Waals surface area (Å²) in [5.74, 6) is -0.433. The van der Waals surface area contributed by atoms with Crippen LogP contribution >= 0.6 is 11.3 Å². The fourth-order valence-electron chi connectivity index (χ4n) is 5.09. The molecule has 4 aromatic rings. The zero-order valence-corrected chi connectivity index (χ0v) is 24.7. The van der Waals surface area contributed by atoms with E-state index in [1.807, 2.05) is 31.2 Å². The Hall–Kier alpha value is -4.50. The van der Waals surface area contributed by atoms with Gasteiger partial charge in [0.2, 0.25) is 0 Å². The van der Waals surface area contributed by atoms with E-state index >= 15 is 0 Å². The van der Waals surface area contributed by atoms with E-state index in [0.717, 1.165) is 17.5 Å². The van der Waals surface area contributed by atoms with Gasteiger partial charge in [0.05, 0.1) is 34.0 Å². The molecule has 2 aromatic heterocycles. The summed E-state index contributed by atoms with van der Waals surface area (Å²) in [6, 6.07) is 17.2. The summed E-state index contributed by atoms with van der Waals surface area (Å²) in [7, 11) is 0. The number of allylic oxidation sites excluding steroid dienone is 1. The minimum absolute atomic E-state index is 0.121. The highest BCUT2D eigenvalue weighted by Crippen LogP contribution is 2.33. The SMILES string of the molecule is CCCC1=C(C(=O)OCC)[C@@H](c2ccc(C(C)C)cc2)n2c(s/c(=C\c3ccc(-c4ccccc4C(=O)O)o3)c2=O)=N1. The van der Waals surface area contributed by atoms with Crippen LogP contribution in [0.3, 0.4) is 0 Å². The second kappa shape index (κ2) is 12.2. The number of carboxylic acid groups (broad SMARTS) is 1. The number of hydrogen-bond donors (Lipinski definition) is 1. The van der Waals surface area contributed by atoms with E-state index in [1.54, 1.807) is 47.9 Å². The maximum absolute atomic E-state index is 14.0. The van der Waals surface area contributed by atoms with E-state index in [1.165, 1.54) is 17.4 Å². The number of fused-ring (bicyclic) bond motifs is 1. The van der Waals surface area contributed by atoms with Crippen LogP contribution in [0.5, 0.6) is 0 Å². The summed E-state index contributed by atoms with van der Waals surface area (Å²) in [6.45, 7) is 8.20. The fourth-order valence-corrected chi connectivity index (χ4v) is 6.09. The molecule has 3 heterocycles. The van der Waals surface area contributed by atoms with E-state index in [0.29, 0.717) is 50.0 Å². The average Bonchev–Trinajstić information content (AvgIpc) is 3.56. The van der Waals surface area contributed by atoms with Gasteiger partial charge in [-0.3, -0.25) is 9.36 Å². The first-order chi connectivity index (χ1) is 20.2. The van der Waals surface area contributed by atoms with Crippen LogP contribution in [0, 0.1) is 0 Å². The summed E-state index contributed by atoms with van der Waals surface area (Å²) in [5, 5.41) is 9.57. The molecule has 0 bridgehead atoms. The lowest BCUT2D eigenvalue weighted by Crippen LogP contribution is -2.40. The number of furan rings is 1. The lowest BCUT2D eigenvalue weighted by atomic mass is 9.92. The van der Waals surface area contributed by atoms with Crippen LogP contribution in [-0.4, -0.2) is 28.2 Å². The van der Waals surface area contributed by atoms with Crippen molar-refractivity contribution in [2.45, 2.75) is 52.5 Å². The topological polar surface area (TPSA) is 111 Å². The van der Waals surface area contributed by atoms with E-state index < -0.39 is 18.0 Å². The molecule has 0 unspecified atom stereocenters. The number of ether oxygens (including phenoxy) is 1. The Bertz CT molecular complexity index is 1860. The second-order valence-electron chi connectivity index (χ2n) is 10.3. The van der Waals surface area contributed by atoms with Crippen molar-refractivity contribution in [3.8, 4) is 11.3 Å². The van der Waals surface area contributed by atoms with Crippen molar-refractivity contribution in [1.82, 2.24) is 4.57 Å². The highest BCUT2D eigenvalue weighted by molar-refractivity contribution is 7.07. The highest BCUT2D eigenvalue weighted by Gasteiger charge is 2.34. The molecule has 9 heteroatoms. The number of aromatic carboxylic acids is 1. The zero-order chi connectivity index (χ0) is 30.0. The van der Waals surface area contributed by atoms with Crippen LogP contribution in [0.4, 0.5) is 0 Å². The van der Waals surface area contributed by atoms with Gasteiger partial charge in [-0.05, 0) is 48.6 Å². The Morgan fingerprint density at radius 2 is 1.83 bits per heavy atom. The number of esters is 1. The molecular formula is C33H32N2O6S. The largest absolute Gasteiger partial charge is 0.478 e. The number of nitrogens with zero attached hydrogens (tertiary/aromatic N) is 2. The number of thiazole rings is 1. The normalized spacial score (nSPS) is 15.1. The van der Waals surface area contributed by atoms with Crippen LogP contribution in [-0.2, 0) is 9.53 Å². The molecule has 1 aliphatic rings. The van der Waals surface area contributed by atoms with Crippen LogP contribution in [0.25, 0.3) is 17.4 Å². The summed E-state index contributed by atoms with van der Waals surface area (Å²) in [4.78, 5) is 44.3. The molecule has 1 atom stereocenters. The van der Waals surface area contributed by atoms with Crippen molar-refractivity contribution in [3.63, 3.8) is 0 Å². The summed E-state index contributed by atoms with van der Waals surface area (Å²) >= 11 is 1.22. The molecule has 5 rings (SSSR count). The molecule has 1 aliphatic heterocycles. The lowest BCUT2D eigenvalue weighted by Gasteiger charge is -2.26. The van der Waals surface area contributed by atoms with Crippen LogP contribution in [0.15, 0.2) is 86.1 Å². The Morgan fingerprint density at radius 1 is 1.10 bits per heavy atom. The third-order valence-electron chi connectivity index (χ3n) is 7.13. The van der Waals surface area contributed by atoms with Gasteiger partial charge < -0.3 is 14.3 Å². The van der Waals surface area contributed by atoms with E-state index in [9.17, 15) is 19.5 Å². The number of rotatable bonds is 9. The molecule has 0 fully saturated rings. The predicted octanol–water partition coefficient (Wildman–Crippen LogP) is 5.66. The van der Waals surface area contributed by atoms with Crippen molar-refractivity contribution in [1.29, 1.82) is 0 Å². The minimum Gasteiger partial charge on any atom is -0.478 e. The molecule has 2 aromatic carbocycles. The van der Waals surface area contributed by atoms with E-state index in [-0.39, 0.29) is 17.7 Å². The molecule has 1 N–H and O–H groups in total. The molecular weight excluding hydrogens is 552 g/mol. The summed E-state index contributed by atoms with van der Waals surface area (Å²) in [6.07, 6.45) is 2.95. The van der Waals surface area contributed by atoms with Gasteiger partial charge in [-0.1, -0.05) is 81.0 Å². The maximum Gasteiger partial charge on any atom is 0.338 e. The van der Waals surface area contributed by atoms with Gasteiger partial charge in [-0.2, -0.15) is 0 Å². The van der Waals surface area contributed by atoms with Crippen molar-refractivity contribution < 1.29 is 23.8 Å². The second-order valence-corrected chi connectivity index (χ2v) is 11.3. The van der Waals surface area contributed by atoms with Gasteiger partial charge in [-0.25, -0.2) is 14.6 Å². The summed E-state index contributed by atoms with van der Waals surface area (Å²) in [5.41, 5.74) is 3.20. The zero-order valence-electron chi connectivity index (χ0n) is 23.9.